The van der Waals surface area contributed by atoms with E-state index in [2.05, 4.69) is 0 Å². The van der Waals surface area contributed by atoms with Crippen LogP contribution in [0, 0.1) is 0 Å². The quantitative estimate of drug-likeness (QED) is 0.301. The Morgan fingerprint density at radius 1 is 0.692 bits per heavy atom. The zero-order valence-corrected chi connectivity index (χ0v) is 13.0. The van der Waals surface area contributed by atoms with Gasteiger partial charge in [-0.15, -0.1) is 10.1 Å². The van der Waals surface area contributed by atoms with Crippen LogP contribution in [0.3, 0.4) is 0 Å². The molecule has 6 N–H and O–H groups in total. The van der Waals surface area contributed by atoms with Crippen molar-refractivity contribution < 1.29 is 29.6 Å². The smallest absolute Gasteiger partial charge is 0.287 e. The van der Waals surface area contributed by atoms with Crippen LogP contribution in [0.5, 0.6) is 0 Å². The third kappa shape index (κ3) is 2.46. The van der Waals surface area contributed by atoms with Crippen molar-refractivity contribution in [3.05, 3.63) is 58.7 Å². The van der Waals surface area contributed by atoms with Gasteiger partial charge in [0.1, 0.15) is 0 Å². The van der Waals surface area contributed by atoms with Crippen LogP contribution in [-0.4, -0.2) is 44.2 Å². The van der Waals surface area contributed by atoms with Crippen molar-refractivity contribution >= 4 is 35.0 Å². The van der Waals surface area contributed by atoms with E-state index in [-0.39, 0.29) is 38.1 Å². The van der Waals surface area contributed by atoms with Crippen LogP contribution in [0.1, 0.15) is 41.4 Å². The highest BCUT2D eigenvalue weighted by atomic mass is 16.5. The lowest BCUT2D eigenvalue weighted by Crippen LogP contribution is -2.25. The van der Waals surface area contributed by atoms with Crippen molar-refractivity contribution in [2.75, 3.05) is 11.5 Å². The van der Waals surface area contributed by atoms with Gasteiger partial charge >= 0.3 is 0 Å². The van der Waals surface area contributed by atoms with Gasteiger partial charge in [-0.05, 0) is 30.3 Å². The maximum atomic E-state index is 11.2. The average molecular weight is 356 g/mol. The molecular formula is C16H12N4O6. The van der Waals surface area contributed by atoms with E-state index in [4.69, 9.17) is 21.9 Å². The van der Waals surface area contributed by atoms with Gasteiger partial charge in [-0.3, -0.25) is 29.6 Å². The van der Waals surface area contributed by atoms with E-state index in [1.165, 1.54) is 30.3 Å². The largest absolute Gasteiger partial charge is 0.399 e. The Kier molecular flexibility index (Phi) is 3.91. The van der Waals surface area contributed by atoms with Crippen molar-refractivity contribution in [2.45, 2.75) is 0 Å². The molecule has 4 rings (SSSR count). The maximum absolute atomic E-state index is 11.2. The number of amides is 4. The molecule has 0 aromatic heterocycles. The van der Waals surface area contributed by atoms with E-state index in [0.29, 0.717) is 5.69 Å². The van der Waals surface area contributed by atoms with Crippen LogP contribution >= 0.6 is 0 Å². The van der Waals surface area contributed by atoms with Crippen molar-refractivity contribution in [3.8, 4) is 0 Å². The Labute approximate surface area is 145 Å². The van der Waals surface area contributed by atoms with Crippen molar-refractivity contribution in [1.29, 1.82) is 0 Å². The molecular weight excluding hydrogens is 344 g/mol. The first kappa shape index (κ1) is 17.1. The zero-order valence-electron chi connectivity index (χ0n) is 13.0. The van der Waals surface area contributed by atoms with Gasteiger partial charge in [-0.2, -0.15) is 0 Å². The molecule has 0 spiro atoms. The summed E-state index contributed by atoms with van der Waals surface area (Å²) in [6.45, 7) is 0. The molecule has 2 aliphatic rings. The SMILES string of the molecule is Nc1ccc2c(c1)C(=O)N(O)C2=O.Nc1cccc2c1C(=O)N(O)C2=O. The van der Waals surface area contributed by atoms with Gasteiger partial charge in [0.05, 0.1) is 22.3 Å². The van der Waals surface area contributed by atoms with Crippen molar-refractivity contribution in [2.24, 2.45) is 0 Å². The van der Waals surface area contributed by atoms with Gasteiger partial charge in [-0.25, -0.2) is 0 Å². The number of benzene rings is 2. The number of imide groups is 2. The van der Waals surface area contributed by atoms with E-state index in [9.17, 15) is 19.2 Å². The van der Waals surface area contributed by atoms with E-state index in [1.807, 2.05) is 0 Å². The lowest BCUT2D eigenvalue weighted by molar-refractivity contribution is -0.0330. The molecule has 0 unspecified atom stereocenters. The standard InChI is InChI=1S/2C8H6N2O3/c9-4-1-2-5-6(3-4)8(12)10(13)7(5)11;9-5-3-1-2-4-6(5)8(12)10(13)7(4)11/h2*1-3,13H,9H2. The summed E-state index contributed by atoms with van der Waals surface area (Å²) in [5.74, 6) is -2.93. The first-order valence-corrected chi connectivity index (χ1v) is 7.17. The average Bonchev–Trinajstić information content (AvgIpc) is 2.97. The molecule has 0 bridgehead atoms. The maximum Gasteiger partial charge on any atom is 0.287 e. The summed E-state index contributed by atoms with van der Waals surface area (Å²) in [6.07, 6.45) is 0. The number of carbonyl (C=O) groups excluding carboxylic acids is 4. The van der Waals surface area contributed by atoms with Crippen LogP contribution in [0.15, 0.2) is 36.4 Å². The number of hydrogen-bond donors (Lipinski definition) is 4. The number of hydrogen-bond acceptors (Lipinski definition) is 8. The minimum absolute atomic E-state index is 0.0705. The molecule has 10 nitrogen and oxygen atoms in total. The summed E-state index contributed by atoms with van der Waals surface area (Å²) in [6, 6.07) is 8.79. The second-order valence-electron chi connectivity index (χ2n) is 5.42. The number of hydroxylamine groups is 4. The van der Waals surface area contributed by atoms with E-state index in [0.717, 1.165) is 0 Å². The molecule has 10 heteroatoms. The predicted octanol–water partition coefficient (Wildman–Crippen LogP) is 0.508. The molecule has 2 aliphatic heterocycles. The molecule has 2 aromatic rings. The Bertz CT molecular complexity index is 981. The Hall–Kier alpha value is -3.76. The zero-order chi connectivity index (χ0) is 19.2. The summed E-state index contributed by atoms with van der Waals surface area (Å²) in [4.78, 5) is 44.7. The number of carbonyl (C=O) groups is 4. The van der Waals surface area contributed by atoms with Crippen molar-refractivity contribution in [1.82, 2.24) is 10.1 Å². The van der Waals surface area contributed by atoms with Crippen LogP contribution < -0.4 is 11.5 Å². The van der Waals surface area contributed by atoms with E-state index >= 15 is 0 Å². The summed E-state index contributed by atoms with van der Waals surface area (Å²) in [7, 11) is 0. The summed E-state index contributed by atoms with van der Waals surface area (Å²) in [5.41, 5.74) is 12.0. The molecule has 0 saturated carbocycles. The topological polar surface area (TPSA) is 167 Å². The highest BCUT2D eigenvalue weighted by Crippen LogP contribution is 2.26. The summed E-state index contributed by atoms with van der Waals surface area (Å²) in [5, 5.41) is 18.1. The van der Waals surface area contributed by atoms with Gasteiger partial charge in [0.25, 0.3) is 23.6 Å². The van der Waals surface area contributed by atoms with Crippen LogP contribution in [-0.2, 0) is 0 Å². The summed E-state index contributed by atoms with van der Waals surface area (Å²) >= 11 is 0. The van der Waals surface area contributed by atoms with Crippen LogP contribution in [0.25, 0.3) is 0 Å². The molecule has 4 amide bonds. The van der Waals surface area contributed by atoms with Crippen molar-refractivity contribution in [3.63, 3.8) is 0 Å². The predicted molar refractivity (Wildman–Crippen MR) is 86.3 cm³/mol. The van der Waals surface area contributed by atoms with Gasteiger partial charge in [0, 0.05) is 11.4 Å². The molecule has 2 heterocycles. The fraction of sp³-hybridized carbons (Fsp3) is 0. The van der Waals surface area contributed by atoms with Gasteiger partial charge in [-0.1, -0.05) is 6.07 Å². The summed E-state index contributed by atoms with van der Waals surface area (Å²) < 4.78 is 0. The fourth-order valence-corrected chi connectivity index (χ4v) is 2.55. The first-order chi connectivity index (χ1) is 12.2. The highest BCUT2D eigenvalue weighted by molar-refractivity contribution is 6.22. The second kappa shape index (κ2) is 5.95. The number of anilines is 2. The van der Waals surface area contributed by atoms with E-state index < -0.39 is 23.6 Å². The lowest BCUT2D eigenvalue weighted by Gasteiger charge is -2.00. The molecule has 132 valence electrons. The third-order valence-corrected chi connectivity index (χ3v) is 3.81. The lowest BCUT2D eigenvalue weighted by atomic mass is 10.1. The molecule has 0 saturated heterocycles. The molecule has 0 aliphatic carbocycles. The highest BCUT2D eigenvalue weighted by Gasteiger charge is 2.36. The molecule has 26 heavy (non-hydrogen) atoms. The number of nitrogen functional groups attached to an aromatic ring is 2. The first-order valence-electron chi connectivity index (χ1n) is 7.17. The third-order valence-electron chi connectivity index (χ3n) is 3.81. The molecule has 2 aromatic carbocycles. The Morgan fingerprint density at radius 2 is 1.27 bits per heavy atom. The van der Waals surface area contributed by atoms with Gasteiger partial charge < -0.3 is 11.5 Å². The monoisotopic (exact) mass is 356 g/mol. The van der Waals surface area contributed by atoms with Gasteiger partial charge in [0.15, 0.2) is 0 Å². The normalized spacial score (nSPS) is 15.0. The second-order valence-corrected chi connectivity index (χ2v) is 5.42. The number of fused-ring (bicyclic) bond motifs is 2. The van der Waals surface area contributed by atoms with Crippen LogP contribution in [0.4, 0.5) is 11.4 Å². The number of nitrogens with zero attached hydrogens (tertiary/aromatic N) is 2. The Morgan fingerprint density at radius 3 is 1.92 bits per heavy atom. The van der Waals surface area contributed by atoms with Gasteiger partial charge in [0.2, 0.25) is 0 Å². The number of nitrogens with two attached hydrogens (primary N) is 2. The minimum atomic E-state index is -0.766. The molecule has 0 radical (unpaired) electrons. The Balaban J connectivity index is 0.000000151. The molecule has 0 fully saturated rings. The number of rotatable bonds is 0. The minimum Gasteiger partial charge on any atom is -0.399 e. The molecule has 0 atom stereocenters. The van der Waals surface area contributed by atoms with Crippen LogP contribution in [0.2, 0.25) is 0 Å². The van der Waals surface area contributed by atoms with E-state index in [1.54, 1.807) is 6.07 Å². The fourth-order valence-electron chi connectivity index (χ4n) is 2.55.